The van der Waals surface area contributed by atoms with Crippen LogP contribution in [0.2, 0.25) is 0 Å². The van der Waals surface area contributed by atoms with Gasteiger partial charge in [0.05, 0.1) is 0 Å². The molecule has 1 fully saturated rings. The molecule has 0 spiro atoms. The molecule has 0 N–H and O–H groups in total. The van der Waals surface area contributed by atoms with Crippen molar-refractivity contribution < 1.29 is 0 Å². The van der Waals surface area contributed by atoms with Gasteiger partial charge in [-0.1, -0.05) is 29.5 Å². The fraction of sp³-hybridized carbons (Fsp3) is 0.455. The van der Waals surface area contributed by atoms with E-state index >= 15 is 0 Å². The summed E-state index contributed by atoms with van der Waals surface area (Å²) in [6, 6.07) is 8.14. The Kier molecular flexibility index (Phi) is 3.59. The largest absolute Gasteiger partial charge is 0.369 e. The fourth-order valence-electron chi connectivity index (χ4n) is 1.81. The van der Waals surface area contributed by atoms with Crippen molar-refractivity contribution in [1.82, 2.24) is 4.31 Å². The van der Waals surface area contributed by atoms with Crippen molar-refractivity contribution in [2.75, 3.05) is 37.3 Å². The number of rotatable bonds is 2. The lowest BCUT2D eigenvalue weighted by molar-refractivity contribution is 0.431. The highest BCUT2D eigenvalue weighted by atomic mass is 32.2. The molecule has 15 heavy (non-hydrogen) atoms. The first-order chi connectivity index (χ1) is 7.29. The molecule has 2 radical (unpaired) electrons. The Hall–Kier alpha value is -0.605. The first kappa shape index (κ1) is 10.9. The molecule has 0 atom stereocenters. The monoisotopic (exact) mass is 218 g/mol. The van der Waals surface area contributed by atoms with E-state index < -0.39 is 0 Å². The second kappa shape index (κ2) is 4.95. The molecule has 1 heterocycles. The Labute approximate surface area is 97.2 Å². The second-order valence-electron chi connectivity index (χ2n) is 3.69. The number of piperazine rings is 1. The summed E-state index contributed by atoms with van der Waals surface area (Å²) in [7, 11) is 5.67. The Balaban J connectivity index is 1.98. The van der Waals surface area contributed by atoms with Crippen LogP contribution in [-0.4, -0.2) is 44.6 Å². The highest BCUT2D eigenvalue weighted by molar-refractivity contribution is 7.96. The molecule has 2 nitrogen and oxygen atoms in total. The van der Waals surface area contributed by atoms with Gasteiger partial charge in [-0.25, -0.2) is 4.31 Å². The predicted molar refractivity (Wildman–Crippen MR) is 69.1 cm³/mol. The van der Waals surface area contributed by atoms with Gasteiger partial charge in [0.15, 0.2) is 0 Å². The maximum Gasteiger partial charge on any atom is 0.113 e. The summed E-state index contributed by atoms with van der Waals surface area (Å²) in [4.78, 5) is 2.41. The van der Waals surface area contributed by atoms with Gasteiger partial charge in [-0.3, -0.25) is 0 Å². The van der Waals surface area contributed by atoms with Crippen LogP contribution in [0.4, 0.5) is 5.69 Å². The third-order valence-corrected chi connectivity index (χ3v) is 3.64. The van der Waals surface area contributed by atoms with Crippen LogP contribution >= 0.6 is 11.9 Å². The quantitative estimate of drug-likeness (QED) is 0.537. The number of anilines is 1. The lowest BCUT2D eigenvalue weighted by Crippen LogP contribution is -2.43. The van der Waals surface area contributed by atoms with Crippen molar-refractivity contribution in [3.8, 4) is 0 Å². The third-order valence-electron chi connectivity index (χ3n) is 2.76. The summed E-state index contributed by atoms with van der Waals surface area (Å²) in [5.41, 5.74) is 2.12. The zero-order chi connectivity index (χ0) is 10.7. The molecule has 4 heteroatoms. The van der Waals surface area contributed by atoms with E-state index in [0.29, 0.717) is 0 Å². The van der Waals surface area contributed by atoms with Gasteiger partial charge in [0, 0.05) is 31.9 Å². The summed E-state index contributed by atoms with van der Waals surface area (Å²) >= 11 is 1.83. The van der Waals surface area contributed by atoms with E-state index in [9.17, 15) is 0 Å². The van der Waals surface area contributed by atoms with Gasteiger partial charge in [-0.15, -0.1) is 0 Å². The van der Waals surface area contributed by atoms with Crippen LogP contribution < -0.4 is 10.4 Å². The average molecular weight is 218 g/mol. The molecule has 0 aliphatic carbocycles. The van der Waals surface area contributed by atoms with Crippen LogP contribution in [-0.2, 0) is 0 Å². The minimum atomic E-state index is 0.835. The molecule has 2 rings (SSSR count). The van der Waals surface area contributed by atoms with Crippen molar-refractivity contribution in [2.45, 2.75) is 0 Å². The fourth-order valence-corrected chi connectivity index (χ4v) is 2.34. The van der Waals surface area contributed by atoms with E-state index in [1.165, 1.54) is 5.69 Å². The molecule has 0 amide bonds. The Bertz CT molecular complexity index is 307. The maximum atomic E-state index is 5.67. The van der Waals surface area contributed by atoms with E-state index in [4.69, 9.17) is 7.85 Å². The molecular weight excluding hydrogens is 203 g/mol. The summed E-state index contributed by atoms with van der Waals surface area (Å²) in [6.45, 7) is 4.46. The van der Waals surface area contributed by atoms with Gasteiger partial charge in [0.25, 0.3) is 0 Å². The Morgan fingerprint density at radius 3 is 2.20 bits per heavy atom. The van der Waals surface area contributed by atoms with Gasteiger partial charge >= 0.3 is 0 Å². The second-order valence-corrected chi connectivity index (χ2v) is 4.57. The number of nitrogens with zero attached hydrogens (tertiary/aromatic N) is 2. The maximum absolute atomic E-state index is 5.67. The molecule has 1 aliphatic rings. The topological polar surface area (TPSA) is 6.48 Å². The normalized spacial score (nSPS) is 18.1. The molecular formula is C11H15BN2S. The van der Waals surface area contributed by atoms with Gasteiger partial charge in [-0.2, -0.15) is 0 Å². The molecule has 1 aliphatic heterocycles. The van der Waals surface area contributed by atoms with Gasteiger partial charge in [0.2, 0.25) is 0 Å². The highest BCUT2D eigenvalue weighted by Crippen LogP contribution is 2.17. The van der Waals surface area contributed by atoms with E-state index in [-0.39, 0.29) is 0 Å². The van der Waals surface area contributed by atoms with Crippen molar-refractivity contribution >= 4 is 30.9 Å². The lowest BCUT2D eigenvalue weighted by atomic mass is 9.96. The molecule has 1 aromatic rings. The van der Waals surface area contributed by atoms with Crippen molar-refractivity contribution in [1.29, 1.82) is 0 Å². The first-order valence-electron chi connectivity index (χ1n) is 5.19. The third kappa shape index (κ3) is 2.70. The minimum absolute atomic E-state index is 0.835. The van der Waals surface area contributed by atoms with Crippen LogP contribution in [0.1, 0.15) is 0 Å². The Morgan fingerprint density at radius 2 is 1.67 bits per heavy atom. The van der Waals surface area contributed by atoms with Crippen molar-refractivity contribution in [3.63, 3.8) is 0 Å². The van der Waals surface area contributed by atoms with Crippen molar-refractivity contribution in [2.24, 2.45) is 0 Å². The Morgan fingerprint density at radius 1 is 1.07 bits per heavy atom. The summed E-state index contributed by atoms with van der Waals surface area (Å²) in [5, 5.41) is 0. The van der Waals surface area contributed by atoms with Crippen LogP contribution in [0.15, 0.2) is 24.3 Å². The van der Waals surface area contributed by atoms with Gasteiger partial charge < -0.3 is 4.90 Å². The zero-order valence-electron chi connectivity index (χ0n) is 9.02. The summed E-state index contributed by atoms with van der Waals surface area (Å²) in [6.07, 6.45) is 2.14. The van der Waals surface area contributed by atoms with Crippen LogP contribution in [0.5, 0.6) is 0 Å². The minimum Gasteiger partial charge on any atom is -0.369 e. The zero-order valence-corrected chi connectivity index (χ0v) is 9.83. The SMILES string of the molecule is [B]c1ccc(N2CCN(SC)CC2)cc1. The number of benzene rings is 1. The summed E-state index contributed by atoms with van der Waals surface area (Å²) < 4.78 is 2.40. The van der Waals surface area contributed by atoms with Gasteiger partial charge in [0.1, 0.15) is 7.85 Å². The molecule has 78 valence electrons. The first-order valence-corrected chi connectivity index (χ1v) is 6.37. The molecule has 1 aromatic carbocycles. The number of hydrogen-bond donors (Lipinski definition) is 0. The standard InChI is InChI=1S/C11H15BN2S/c1-15-14-8-6-13(7-9-14)11-4-2-10(12)3-5-11/h2-5H,6-9H2,1H3. The molecule has 1 saturated heterocycles. The van der Waals surface area contributed by atoms with E-state index in [0.717, 1.165) is 31.6 Å². The van der Waals surface area contributed by atoms with Crippen molar-refractivity contribution in [3.05, 3.63) is 24.3 Å². The van der Waals surface area contributed by atoms with E-state index in [1.54, 1.807) is 0 Å². The van der Waals surface area contributed by atoms with E-state index in [1.807, 2.05) is 24.1 Å². The van der Waals surface area contributed by atoms with Crippen LogP contribution in [0.3, 0.4) is 0 Å². The number of hydrogen-bond acceptors (Lipinski definition) is 3. The smallest absolute Gasteiger partial charge is 0.113 e. The van der Waals surface area contributed by atoms with E-state index in [2.05, 4.69) is 27.6 Å². The predicted octanol–water partition coefficient (Wildman–Crippen LogP) is 0.880. The summed E-state index contributed by atoms with van der Waals surface area (Å²) in [5.74, 6) is 0. The molecule has 0 saturated carbocycles. The van der Waals surface area contributed by atoms with Crippen LogP contribution in [0, 0.1) is 0 Å². The highest BCUT2D eigenvalue weighted by Gasteiger charge is 2.15. The average Bonchev–Trinajstić information content (AvgIpc) is 2.30. The lowest BCUT2D eigenvalue weighted by Gasteiger charge is -2.34. The van der Waals surface area contributed by atoms with Gasteiger partial charge in [-0.05, 0) is 18.4 Å². The molecule has 0 bridgehead atoms. The van der Waals surface area contributed by atoms with Crippen LogP contribution in [0.25, 0.3) is 0 Å². The molecule has 0 unspecified atom stereocenters. The molecule has 0 aromatic heterocycles.